The summed E-state index contributed by atoms with van der Waals surface area (Å²) in [6.07, 6.45) is 23.9. The van der Waals surface area contributed by atoms with Crippen molar-refractivity contribution in [3.8, 4) is 0 Å². The molecule has 1 unspecified atom stereocenters. The standard InChI is InChI=1S/C18H37NO.C12H11Si.C9H13.Ti/c1-2-3-4-5-6-7-8-9-10-11-12-13-14-15-16-17-18(19)20;1-3-7-11(8-4-1)13-12-9-5-2-6-10-12;1-6-5-7(2)9(4)8(6)3;/h2-17H2,1H3,(H2,19,20);1-10,13H;6H,1-4H3;/q;;-1;+2/p-1. The second-order valence-electron chi connectivity index (χ2n) is 11.9. The van der Waals surface area contributed by atoms with E-state index < -0.39 is 5.91 Å². The molecule has 0 saturated carbocycles. The molecule has 4 heteroatoms. The van der Waals surface area contributed by atoms with Crippen molar-refractivity contribution < 1.29 is 26.5 Å². The smallest absolute Gasteiger partial charge is 0.668 e. The third-order valence-corrected chi connectivity index (χ3v) is 9.61. The molecule has 2 nitrogen and oxygen atoms in total. The van der Waals surface area contributed by atoms with E-state index in [0.717, 1.165) is 12.8 Å². The molecule has 3 rings (SSSR count). The molecule has 0 fully saturated rings. The predicted octanol–water partition coefficient (Wildman–Crippen LogP) is 10.6. The van der Waals surface area contributed by atoms with Crippen LogP contribution >= 0.6 is 0 Å². The Morgan fingerprint density at radius 2 is 1.05 bits per heavy atom. The van der Waals surface area contributed by atoms with Crippen LogP contribution in [0.3, 0.4) is 0 Å². The molecule has 2 aromatic rings. The Kier molecular flexibility index (Phi) is 26.8. The summed E-state index contributed by atoms with van der Waals surface area (Å²) in [6, 6.07) is 21.3. The molecule has 1 aliphatic carbocycles. The van der Waals surface area contributed by atoms with Crippen LogP contribution in [0.2, 0.25) is 0 Å². The largest absolute Gasteiger partial charge is 2.00 e. The summed E-state index contributed by atoms with van der Waals surface area (Å²) in [6.45, 7) is 10.9. The van der Waals surface area contributed by atoms with E-state index in [-0.39, 0.29) is 31.2 Å². The van der Waals surface area contributed by atoms with Gasteiger partial charge in [-0.2, -0.15) is 11.1 Å². The molecule has 1 aliphatic rings. The van der Waals surface area contributed by atoms with Crippen molar-refractivity contribution in [2.24, 2.45) is 5.92 Å². The van der Waals surface area contributed by atoms with Crippen molar-refractivity contribution in [3.63, 3.8) is 0 Å². The third kappa shape index (κ3) is 22.5. The van der Waals surface area contributed by atoms with Crippen LogP contribution in [-0.4, -0.2) is 15.4 Å². The third-order valence-electron chi connectivity index (χ3n) is 8.18. The number of benzene rings is 2. The van der Waals surface area contributed by atoms with Crippen LogP contribution < -0.4 is 10.4 Å². The average Bonchev–Trinajstić information content (AvgIpc) is 3.21. The maximum absolute atomic E-state index is 10.4. The predicted molar refractivity (Wildman–Crippen MR) is 188 cm³/mol. The van der Waals surface area contributed by atoms with Gasteiger partial charge in [-0.25, -0.2) is 5.57 Å². The van der Waals surface area contributed by atoms with Crippen molar-refractivity contribution in [1.29, 1.82) is 0 Å². The van der Waals surface area contributed by atoms with Crippen LogP contribution in [0.4, 0.5) is 0 Å². The van der Waals surface area contributed by atoms with Crippen LogP contribution in [-0.2, 0) is 26.5 Å². The minimum absolute atomic E-state index is 0. The van der Waals surface area contributed by atoms with E-state index in [1.54, 1.807) is 0 Å². The quantitative estimate of drug-likeness (QED) is 0.0914. The number of amides is 1. The molecule has 1 radical (unpaired) electrons. The fraction of sp³-hybridized carbons (Fsp3) is 0.564. The summed E-state index contributed by atoms with van der Waals surface area (Å²) in [7, 11) is 0.271. The van der Waals surface area contributed by atoms with Crippen LogP contribution in [0.15, 0.2) is 77.4 Å². The topological polar surface area (TPSA) is 40.9 Å². The van der Waals surface area contributed by atoms with Gasteiger partial charge in [-0.1, -0.05) is 195 Å². The normalized spacial score (nSPS) is 13.7. The molecule has 235 valence electrons. The van der Waals surface area contributed by atoms with Gasteiger partial charge in [0.2, 0.25) is 0 Å². The zero-order valence-corrected chi connectivity index (χ0v) is 30.9. The van der Waals surface area contributed by atoms with Crippen molar-refractivity contribution >= 4 is 25.8 Å². The Labute approximate surface area is 283 Å². The molecular weight excluding hydrogens is 574 g/mol. The van der Waals surface area contributed by atoms with E-state index in [9.17, 15) is 4.79 Å². The Hall–Kier alpha value is -1.68. The number of hydrogen-bond acceptors (Lipinski definition) is 1. The summed E-state index contributed by atoms with van der Waals surface area (Å²) >= 11 is 0. The van der Waals surface area contributed by atoms with Gasteiger partial charge in [0.05, 0.1) is 0 Å². The Morgan fingerprint density at radius 3 is 1.33 bits per heavy atom. The monoisotopic (exact) mass is 634 g/mol. The SMILES string of the molecule is CC1=[C-]C(C)C(C)=C1C.CCCCCCCCCCCCCCCCCC([NH-])=O.[Ti+2].c1ccc([SiH]c2ccccc2)cc1. The molecule has 1 atom stereocenters. The minimum atomic E-state index is -0.403. The molecule has 0 heterocycles. The van der Waals surface area contributed by atoms with E-state index in [1.165, 1.54) is 111 Å². The van der Waals surface area contributed by atoms with Gasteiger partial charge < -0.3 is 10.5 Å². The van der Waals surface area contributed by atoms with Gasteiger partial charge in [0.25, 0.3) is 0 Å². The van der Waals surface area contributed by atoms with Crippen LogP contribution in [0.5, 0.6) is 0 Å². The van der Waals surface area contributed by atoms with Gasteiger partial charge in [-0.05, 0) is 12.8 Å². The van der Waals surface area contributed by atoms with Crippen LogP contribution in [0.25, 0.3) is 5.73 Å². The first-order valence-corrected chi connectivity index (χ1v) is 18.0. The zero-order chi connectivity index (χ0) is 30.8. The number of carbonyl (C=O) groups excluding carboxylic acids is 1. The fourth-order valence-electron chi connectivity index (χ4n) is 5.11. The summed E-state index contributed by atoms with van der Waals surface area (Å²) in [5.41, 5.74) is 11.1. The zero-order valence-electron chi connectivity index (χ0n) is 28.2. The number of nitrogens with one attached hydrogen (secondary N) is 1. The fourth-order valence-corrected chi connectivity index (χ4v) is 6.32. The second-order valence-corrected chi connectivity index (χ2v) is 13.5. The van der Waals surface area contributed by atoms with Crippen molar-refractivity contribution in [2.75, 3.05) is 0 Å². The summed E-state index contributed by atoms with van der Waals surface area (Å²) in [5.74, 6) is 0.157. The van der Waals surface area contributed by atoms with Crippen molar-refractivity contribution in [1.82, 2.24) is 0 Å². The first-order chi connectivity index (χ1) is 20.3. The Balaban J connectivity index is 0.000000654. The molecular formula is C39H60NOSiTi. The first kappa shape index (κ1) is 41.3. The maximum Gasteiger partial charge on any atom is 2.00 e. The Morgan fingerprint density at radius 1 is 0.674 bits per heavy atom. The van der Waals surface area contributed by atoms with Crippen LogP contribution in [0, 0.1) is 12.0 Å². The van der Waals surface area contributed by atoms with Gasteiger partial charge in [-0.3, -0.25) is 6.08 Å². The molecule has 43 heavy (non-hydrogen) atoms. The molecule has 1 amide bonds. The van der Waals surface area contributed by atoms with Crippen molar-refractivity contribution in [3.05, 3.63) is 89.2 Å². The van der Waals surface area contributed by atoms with E-state index in [0.29, 0.717) is 12.3 Å². The summed E-state index contributed by atoms with van der Waals surface area (Å²) in [4.78, 5) is 10.4. The first-order valence-electron chi connectivity index (χ1n) is 16.8. The molecule has 0 aromatic heterocycles. The molecule has 0 aliphatic heterocycles. The molecule has 0 saturated heterocycles. The minimum Gasteiger partial charge on any atom is -0.668 e. The Bertz CT molecular complexity index is 965. The molecule has 0 spiro atoms. The van der Waals surface area contributed by atoms with E-state index in [2.05, 4.69) is 101 Å². The average molecular weight is 635 g/mol. The molecule has 0 bridgehead atoms. The van der Waals surface area contributed by atoms with E-state index >= 15 is 0 Å². The summed E-state index contributed by atoms with van der Waals surface area (Å²) in [5, 5.41) is 2.90. The summed E-state index contributed by atoms with van der Waals surface area (Å²) < 4.78 is 0. The number of carbonyl (C=O) groups is 1. The van der Waals surface area contributed by atoms with E-state index in [1.807, 2.05) is 0 Å². The van der Waals surface area contributed by atoms with Gasteiger partial charge in [0.1, 0.15) is 9.52 Å². The van der Waals surface area contributed by atoms with Crippen LogP contribution in [0.1, 0.15) is 137 Å². The van der Waals surface area contributed by atoms with Gasteiger partial charge in [0, 0.05) is 5.91 Å². The number of rotatable bonds is 18. The molecule has 1 N–H and O–H groups in total. The maximum atomic E-state index is 10.4. The number of hydrogen-bond donors (Lipinski definition) is 0. The van der Waals surface area contributed by atoms with Crippen molar-refractivity contribution in [2.45, 2.75) is 137 Å². The van der Waals surface area contributed by atoms with Gasteiger partial charge in [0.15, 0.2) is 0 Å². The number of allylic oxidation sites excluding steroid dienone is 4. The molecule has 2 aromatic carbocycles. The second kappa shape index (κ2) is 27.8. The van der Waals surface area contributed by atoms with Gasteiger partial charge >= 0.3 is 21.7 Å². The number of unbranched alkanes of at least 4 members (excludes halogenated alkanes) is 14. The van der Waals surface area contributed by atoms with E-state index in [4.69, 9.17) is 5.73 Å². The van der Waals surface area contributed by atoms with Gasteiger partial charge in [-0.15, -0.1) is 6.92 Å².